The van der Waals surface area contributed by atoms with Crippen LogP contribution >= 0.6 is 11.3 Å². The minimum absolute atomic E-state index is 0.395. The minimum atomic E-state index is -0.395. The van der Waals surface area contributed by atoms with E-state index in [9.17, 15) is 0 Å². The predicted molar refractivity (Wildman–Crippen MR) is 76.6 cm³/mol. The Morgan fingerprint density at radius 2 is 2.24 bits per heavy atom. The quantitative estimate of drug-likeness (QED) is 0.796. The van der Waals surface area contributed by atoms with Gasteiger partial charge in [0.1, 0.15) is 6.26 Å². The molecule has 0 atom stereocenters. The molecule has 6 nitrogen and oxygen atoms in total. The zero-order valence-corrected chi connectivity index (χ0v) is 12.1. The maximum atomic E-state index is 6.18. The first-order chi connectivity index (χ1) is 10.2. The lowest BCUT2D eigenvalue weighted by Crippen LogP contribution is -2.44. The van der Waals surface area contributed by atoms with Crippen molar-refractivity contribution in [2.45, 2.75) is 31.2 Å². The molecule has 3 heterocycles. The first-order valence-electron chi connectivity index (χ1n) is 6.83. The van der Waals surface area contributed by atoms with Crippen molar-refractivity contribution in [2.75, 3.05) is 0 Å². The summed E-state index contributed by atoms with van der Waals surface area (Å²) in [4.78, 5) is 9.83. The number of aromatic nitrogens is 3. The lowest BCUT2D eigenvalue weighted by molar-refractivity contribution is 0.229. The Balaban J connectivity index is 1.51. The van der Waals surface area contributed by atoms with Gasteiger partial charge in [-0.15, -0.1) is 11.3 Å². The summed E-state index contributed by atoms with van der Waals surface area (Å²) in [7, 11) is 0. The maximum absolute atomic E-state index is 6.18. The monoisotopic (exact) mass is 302 g/mol. The molecule has 0 aromatic carbocycles. The van der Waals surface area contributed by atoms with Gasteiger partial charge in [0.05, 0.1) is 22.5 Å². The van der Waals surface area contributed by atoms with Crippen LogP contribution in [0.25, 0.3) is 10.8 Å². The molecule has 2 N–H and O–H groups in total. The van der Waals surface area contributed by atoms with Gasteiger partial charge < -0.3 is 14.7 Å². The second-order valence-corrected chi connectivity index (χ2v) is 6.27. The van der Waals surface area contributed by atoms with Crippen LogP contribution in [0, 0.1) is 0 Å². The first kappa shape index (κ1) is 12.7. The van der Waals surface area contributed by atoms with Gasteiger partial charge in [-0.3, -0.25) is 0 Å². The van der Waals surface area contributed by atoms with Crippen LogP contribution in [-0.4, -0.2) is 15.1 Å². The molecule has 0 radical (unpaired) electrons. The highest BCUT2D eigenvalue weighted by Crippen LogP contribution is 2.37. The van der Waals surface area contributed by atoms with Crippen LogP contribution in [0.2, 0.25) is 0 Å². The Kier molecular flexibility index (Phi) is 2.90. The zero-order chi connectivity index (χ0) is 14.3. The summed E-state index contributed by atoms with van der Waals surface area (Å²) in [6, 6.07) is 3.94. The molecule has 7 heteroatoms. The van der Waals surface area contributed by atoms with E-state index in [4.69, 9.17) is 14.7 Å². The summed E-state index contributed by atoms with van der Waals surface area (Å²) in [5.74, 6) is 1.74. The normalized spacial score (nSPS) is 16.8. The van der Waals surface area contributed by atoms with Gasteiger partial charge in [0.2, 0.25) is 11.8 Å². The molecule has 21 heavy (non-hydrogen) atoms. The van der Waals surface area contributed by atoms with Gasteiger partial charge in [-0.05, 0) is 30.7 Å². The number of hydrogen-bond acceptors (Lipinski definition) is 7. The number of thiophene rings is 1. The Bertz CT molecular complexity index is 743. The van der Waals surface area contributed by atoms with Crippen LogP contribution < -0.4 is 5.73 Å². The number of nitrogens with two attached hydrogens (primary N) is 1. The van der Waals surface area contributed by atoms with Crippen molar-refractivity contribution in [3.8, 4) is 10.8 Å². The molecule has 0 aliphatic heterocycles. The van der Waals surface area contributed by atoms with Crippen molar-refractivity contribution in [3.05, 3.63) is 41.2 Å². The second-order valence-electron chi connectivity index (χ2n) is 5.32. The van der Waals surface area contributed by atoms with Gasteiger partial charge in [-0.25, -0.2) is 4.98 Å². The molecular weight excluding hydrogens is 288 g/mol. The topological polar surface area (TPSA) is 91.0 Å². The van der Waals surface area contributed by atoms with Gasteiger partial charge >= 0.3 is 0 Å². The van der Waals surface area contributed by atoms with Crippen molar-refractivity contribution in [3.63, 3.8) is 0 Å². The van der Waals surface area contributed by atoms with Crippen molar-refractivity contribution in [2.24, 2.45) is 5.73 Å². The van der Waals surface area contributed by atoms with E-state index in [1.807, 2.05) is 17.5 Å². The third kappa shape index (κ3) is 2.28. The number of rotatable bonds is 4. The van der Waals surface area contributed by atoms with E-state index in [1.54, 1.807) is 17.6 Å². The third-order valence-electron chi connectivity index (χ3n) is 3.78. The lowest BCUT2D eigenvalue weighted by atomic mass is 9.77. The third-order valence-corrected chi connectivity index (χ3v) is 4.63. The number of oxazole rings is 1. The Hall–Kier alpha value is -1.99. The standard InChI is InChI=1S/C14H14N4O2S/c15-14(4-2-5-14)13-17-11(20-18-13)7-9-8-19-12(16-9)10-3-1-6-21-10/h1,3,6,8H,2,4-5,7,15H2. The summed E-state index contributed by atoms with van der Waals surface area (Å²) >= 11 is 1.59. The Labute approximate surface area is 125 Å². The molecule has 0 amide bonds. The molecule has 0 unspecified atom stereocenters. The van der Waals surface area contributed by atoms with Crippen LogP contribution in [0.1, 0.15) is 36.7 Å². The first-order valence-corrected chi connectivity index (χ1v) is 7.71. The molecule has 1 aliphatic rings. The van der Waals surface area contributed by atoms with Crippen LogP contribution in [0.3, 0.4) is 0 Å². The lowest BCUT2D eigenvalue weighted by Gasteiger charge is -2.34. The van der Waals surface area contributed by atoms with Crippen LogP contribution in [0.4, 0.5) is 0 Å². The number of hydrogen-bond donors (Lipinski definition) is 1. The molecule has 0 spiro atoms. The fourth-order valence-electron chi connectivity index (χ4n) is 2.37. The van der Waals surface area contributed by atoms with Crippen LogP contribution in [0.5, 0.6) is 0 Å². The highest BCUT2D eigenvalue weighted by Gasteiger charge is 2.38. The van der Waals surface area contributed by atoms with Gasteiger partial charge in [-0.1, -0.05) is 11.2 Å². The van der Waals surface area contributed by atoms with Crippen molar-refractivity contribution >= 4 is 11.3 Å². The fourth-order valence-corrected chi connectivity index (χ4v) is 3.02. The highest BCUT2D eigenvalue weighted by molar-refractivity contribution is 7.13. The zero-order valence-electron chi connectivity index (χ0n) is 11.3. The molecule has 1 saturated carbocycles. The SMILES string of the molecule is NC1(c2noc(Cc3coc(-c4cccs4)n3)n2)CCC1. The average Bonchev–Trinajstić information content (AvgIpc) is 3.17. The van der Waals surface area contributed by atoms with Crippen molar-refractivity contribution in [1.29, 1.82) is 0 Å². The van der Waals surface area contributed by atoms with Crippen molar-refractivity contribution < 1.29 is 8.94 Å². The van der Waals surface area contributed by atoms with Crippen molar-refractivity contribution in [1.82, 2.24) is 15.1 Å². The van der Waals surface area contributed by atoms with E-state index in [0.29, 0.717) is 24.0 Å². The molecule has 3 aromatic heterocycles. The highest BCUT2D eigenvalue weighted by atomic mass is 32.1. The predicted octanol–water partition coefficient (Wildman–Crippen LogP) is 2.71. The maximum Gasteiger partial charge on any atom is 0.236 e. The smallest absolute Gasteiger partial charge is 0.236 e. The summed E-state index contributed by atoms with van der Waals surface area (Å²) in [6.07, 6.45) is 5.03. The minimum Gasteiger partial charge on any atom is -0.444 e. The van der Waals surface area contributed by atoms with Gasteiger partial charge in [0.25, 0.3) is 0 Å². The van der Waals surface area contributed by atoms with E-state index in [0.717, 1.165) is 29.8 Å². The van der Waals surface area contributed by atoms with E-state index in [1.165, 1.54) is 0 Å². The fraction of sp³-hybridized carbons (Fsp3) is 0.357. The molecular formula is C14H14N4O2S. The van der Waals surface area contributed by atoms with E-state index < -0.39 is 5.54 Å². The largest absolute Gasteiger partial charge is 0.444 e. The number of nitrogens with zero attached hydrogens (tertiary/aromatic N) is 3. The molecule has 1 fully saturated rings. The second kappa shape index (κ2) is 4.78. The average molecular weight is 302 g/mol. The van der Waals surface area contributed by atoms with E-state index >= 15 is 0 Å². The van der Waals surface area contributed by atoms with E-state index in [2.05, 4.69) is 15.1 Å². The Morgan fingerprint density at radius 3 is 2.95 bits per heavy atom. The Morgan fingerprint density at radius 1 is 1.33 bits per heavy atom. The molecule has 0 saturated heterocycles. The van der Waals surface area contributed by atoms with Gasteiger partial charge in [0.15, 0.2) is 5.82 Å². The molecule has 3 aromatic rings. The van der Waals surface area contributed by atoms with Crippen LogP contribution in [-0.2, 0) is 12.0 Å². The summed E-state index contributed by atoms with van der Waals surface area (Å²) in [6.45, 7) is 0. The van der Waals surface area contributed by atoms with E-state index in [-0.39, 0.29) is 0 Å². The van der Waals surface area contributed by atoms with Crippen LogP contribution in [0.15, 0.2) is 32.7 Å². The molecule has 4 rings (SSSR count). The van der Waals surface area contributed by atoms with Gasteiger partial charge in [-0.2, -0.15) is 4.98 Å². The molecule has 1 aliphatic carbocycles. The molecule has 108 valence electrons. The molecule has 0 bridgehead atoms. The summed E-state index contributed by atoms with van der Waals surface area (Å²) in [5.41, 5.74) is 6.56. The summed E-state index contributed by atoms with van der Waals surface area (Å²) < 4.78 is 10.7. The summed E-state index contributed by atoms with van der Waals surface area (Å²) in [5, 5.41) is 5.98. The van der Waals surface area contributed by atoms with Gasteiger partial charge in [0, 0.05) is 0 Å².